The summed E-state index contributed by atoms with van der Waals surface area (Å²) in [5, 5.41) is 4.53. The van der Waals surface area contributed by atoms with E-state index in [4.69, 9.17) is 4.98 Å². The first-order valence-corrected chi connectivity index (χ1v) is 10.9. The zero-order chi connectivity index (χ0) is 20.9. The van der Waals surface area contributed by atoms with Crippen LogP contribution in [0.25, 0.3) is 22.6 Å². The van der Waals surface area contributed by atoms with Crippen molar-refractivity contribution < 1.29 is 0 Å². The minimum Gasteiger partial charge on any atom is -0.261 e. The van der Waals surface area contributed by atoms with Crippen LogP contribution in [0.5, 0.6) is 0 Å². The molecule has 3 aromatic carbocycles. The maximum atomic E-state index is 4.78. The van der Waals surface area contributed by atoms with Gasteiger partial charge in [-0.2, -0.15) is 5.10 Å². The Labute approximate surface area is 192 Å². The molecule has 4 aromatic rings. The lowest BCUT2D eigenvalue weighted by Crippen LogP contribution is -2.03. The van der Waals surface area contributed by atoms with Gasteiger partial charge in [-0.3, -0.25) is 5.43 Å². The number of rotatable bonds is 5. The monoisotopic (exact) mass is 520 g/mol. The third-order valence-electron chi connectivity index (χ3n) is 4.50. The van der Waals surface area contributed by atoms with E-state index >= 15 is 0 Å². The summed E-state index contributed by atoms with van der Waals surface area (Å²) in [6, 6.07) is 28.0. The number of nitrogens with one attached hydrogen (secondary N) is 1. The van der Waals surface area contributed by atoms with Crippen LogP contribution < -0.4 is 5.43 Å². The molecular formula is C24H18Br2N4. The molecule has 4 nitrogen and oxygen atoms in total. The number of hydrazone groups is 1. The first kappa shape index (κ1) is 20.4. The normalized spacial score (nSPS) is 11.4. The van der Waals surface area contributed by atoms with E-state index in [1.165, 1.54) is 0 Å². The maximum absolute atomic E-state index is 4.78. The molecule has 0 aliphatic rings. The summed E-state index contributed by atoms with van der Waals surface area (Å²) in [5.74, 6) is 1.28. The number of hydrogen-bond acceptors (Lipinski definition) is 4. The molecule has 0 radical (unpaired) electrons. The van der Waals surface area contributed by atoms with E-state index in [9.17, 15) is 0 Å². The van der Waals surface area contributed by atoms with Crippen LogP contribution in [0, 0.1) is 0 Å². The van der Waals surface area contributed by atoms with Crippen LogP contribution in [0.15, 0.2) is 99.0 Å². The van der Waals surface area contributed by atoms with Crippen LogP contribution >= 0.6 is 31.9 Å². The van der Waals surface area contributed by atoms with Gasteiger partial charge in [0.2, 0.25) is 0 Å². The summed E-state index contributed by atoms with van der Waals surface area (Å²) in [7, 11) is 0. The average molecular weight is 522 g/mol. The van der Waals surface area contributed by atoms with Gasteiger partial charge in [0.1, 0.15) is 0 Å². The molecule has 1 heterocycles. The minimum absolute atomic E-state index is 0.637. The second kappa shape index (κ2) is 9.32. The predicted octanol–water partition coefficient (Wildman–Crippen LogP) is 7.17. The first-order valence-electron chi connectivity index (χ1n) is 9.35. The lowest BCUT2D eigenvalue weighted by molar-refractivity contribution is 1.15. The molecule has 4 rings (SSSR count). The number of anilines is 1. The molecule has 148 valence electrons. The van der Waals surface area contributed by atoms with Gasteiger partial charge in [0, 0.05) is 26.1 Å². The van der Waals surface area contributed by atoms with E-state index in [0.29, 0.717) is 11.6 Å². The highest BCUT2D eigenvalue weighted by molar-refractivity contribution is 9.10. The van der Waals surface area contributed by atoms with Crippen LogP contribution in [0.3, 0.4) is 0 Å². The second-order valence-electron chi connectivity index (χ2n) is 6.65. The molecule has 0 amide bonds. The highest BCUT2D eigenvalue weighted by atomic mass is 79.9. The minimum atomic E-state index is 0.637. The van der Waals surface area contributed by atoms with Crippen LogP contribution in [-0.4, -0.2) is 15.7 Å². The van der Waals surface area contributed by atoms with Gasteiger partial charge in [-0.1, -0.05) is 86.5 Å². The molecule has 30 heavy (non-hydrogen) atoms. The van der Waals surface area contributed by atoms with E-state index in [2.05, 4.69) is 47.4 Å². The molecule has 0 saturated carbocycles. The van der Waals surface area contributed by atoms with Crippen molar-refractivity contribution in [2.24, 2.45) is 5.10 Å². The molecule has 0 unspecified atom stereocenters. The van der Waals surface area contributed by atoms with E-state index in [0.717, 1.165) is 37.0 Å². The number of aromatic nitrogens is 2. The van der Waals surface area contributed by atoms with Crippen molar-refractivity contribution in [1.29, 1.82) is 0 Å². The van der Waals surface area contributed by atoms with Crippen LogP contribution in [-0.2, 0) is 0 Å². The largest absolute Gasteiger partial charge is 0.261 e. The Morgan fingerprint density at radius 2 is 1.40 bits per heavy atom. The van der Waals surface area contributed by atoms with Gasteiger partial charge in [0.25, 0.3) is 0 Å². The van der Waals surface area contributed by atoms with Crippen LogP contribution in [0.4, 0.5) is 5.82 Å². The Morgan fingerprint density at radius 3 is 2.07 bits per heavy atom. The first-order chi connectivity index (χ1) is 14.6. The van der Waals surface area contributed by atoms with Gasteiger partial charge in [0.05, 0.1) is 11.4 Å². The number of hydrogen-bond donors (Lipinski definition) is 1. The maximum Gasteiger partial charge on any atom is 0.162 e. The molecule has 6 heteroatoms. The van der Waals surface area contributed by atoms with E-state index in [1.807, 2.05) is 91.9 Å². The topological polar surface area (TPSA) is 50.2 Å². The zero-order valence-corrected chi connectivity index (χ0v) is 19.4. The van der Waals surface area contributed by atoms with Crippen molar-refractivity contribution >= 4 is 43.4 Å². The molecule has 0 spiro atoms. The number of halogens is 2. The fraction of sp³-hybridized carbons (Fsp3) is 0.0417. The SMILES string of the molecule is CC(=NNc1cc(-c2ccccc2)nc(-c2ccc(Br)cc2)n1)c1ccc(Br)cc1. The summed E-state index contributed by atoms with van der Waals surface area (Å²) in [5.41, 5.74) is 7.81. The summed E-state index contributed by atoms with van der Waals surface area (Å²) in [6.45, 7) is 1.96. The summed E-state index contributed by atoms with van der Waals surface area (Å²) in [4.78, 5) is 9.46. The Kier molecular flexibility index (Phi) is 6.35. The Bertz CT molecular complexity index is 1170. The highest BCUT2D eigenvalue weighted by Gasteiger charge is 2.09. The standard InChI is InChI=1S/C24H18Br2N4/c1-16(17-7-11-20(25)12-8-17)29-30-23-15-22(18-5-3-2-4-6-18)27-24(28-23)19-9-13-21(26)14-10-19/h2-15H,1H3,(H,27,28,30). The molecule has 0 fully saturated rings. The zero-order valence-electron chi connectivity index (χ0n) is 16.2. The predicted molar refractivity (Wildman–Crippen MR) is 131 cm³/mol. The van der Waals surface area contributed by atoms with Crippen molar-refractivity contribution in [3.63, 3.8) is 0 Å². The van der Waals surface area contributed by atoms with E-state index in [1.54, 1.807) is 0 Å². The molecule has 0 atom stereocenters. The van der Waals surface area contributed by atoms with Crippen molar-refractivity contribution in [3.05, 3.63) is 99.4 Å². The molecule has 1 aromatic heterocycles. The second-order valence-corrected chi connectivity index (χ2v) is 8.48. The van der Waals surface area contributed by atoms with Crippen molar-refractivity contribution in [2.45, 2.75) is 6.92 Å². The molecule has 0 aliphatic heterocycles. The Morgan fingerprint density at radius 1 is 0.767 bits per heavy atom. The van der Waals surface area contributed by atoms with E-state index in [-0.39, 0.29) is 0 Å². The molecule has 0 aliphatic carbocycles. The van der Waals surface area contributed by atoms with E-state index < -0.39 is 0 Å². The van der Waals surface area contributed by atoms with Crippen LogP contribution in [0.2, 0.25) is 0 Å². The van der Waals surface area contributed by atoms with Crippen LogP contribution in [0.1, 0.15) is 12.5 Å². The van der Waals surface area contributed by atoms with Gasteiger partial charge >= 0.3 is 0 Å². The Hall–Kier alpha value is -2.83. The fourth-order valence-electron chi connectivity index (χ4n) is 2.89. The van der Waals surface area contributed by atoms with Gasteiger partial charge in [0.15, 0.2) is 11.6 Å². The van der Waals surface area contributed by atoms with Crippen molar-refractivity contribution in [3.8, 4) is 22.6 Å². The molecule has 0 bridgehead atoms. The molecule has 0 saturated heterocycles. The van der Waals surface area contributed by atoms with Crippen molar-refractivity contribution in [1.82, 2.24) is 9.97 Å². The van der Waals surface area contributed by atoms with Gasteiger partial charge in [-0.15, -0.1) is 0 Å². The summed E-state index contributed by atoms with van der Waals surface area (Å²) >= 11 is 6.94. The third kappa shape index (κ3) is 5.01. The summed E-state index contributed by atoms with van der Waals surface area (Å²) < 4.78 is 2.05. The fourth-order valence-corrected chi connectivity index (χ4v) is 3.41. The molecule has 1 N–H and O–H groups in total. The van der Waals surface area contributed by atoms with Gasteiger partial charge < -0.3 is 0 Å². The quantitative estimate of drug-likeness (QED) is 0.223. The lowest BCUT2D eigenvalue weighted by atomic mass is 10.1. The lowest BCUT2D eigenvalue weighted by Gasteiger charge is -2.09. The number of nitrogens with zero attached hydrogens (tertiary/aromatic N) is 3. The van der Waals surface area contributed by atoms with Gasteiger partial charge in [-0.25, -0.2) is 9.97 Å². The number of benzene rings is 3. The smallest absolute Gasteiger partial charge is 0.162 e. The highest BCUT2D eigenvalue weighted by Crippen LogP contribution is 2.25. The average Bonchev–Trinajstić information content (AvgIpc) is 2.79. The molecular weight excluding hydrogens is 504 g/mol. The Balaban J connectivity index is 1.71. The van der Waals surface area contributed by atoms with Crippen molar-refractivity contribution in [2.75, 3.05) is 5.43 Å². The summed E-state index contributed by atoms with van der Waals surface area (Å²) in [6.07, 6.45) is 0. The van der Waals surface area contributed by atoms with Gasteiger partial charge in [-0.05, 0) is 36.8 Å². The third-order valence-corrected chi connectivity index (χ3v) is 5.56.